The summed E-state index contributed by atoms with van der Waals surface area (Å²) in [5.41, 5.74) is 7.02. The number of rotatable bonds is 4. The van der Waals surface area contributed by atoms with Gasteiger partial charge in [0.05, 0.1) is 17.5 Å². The Labute approximate surface area is 227 Å². The second kappa shape index (κ2) is 9.89. The van der Waals surface area contributed by atoms with E-state index in [1.165, 1.54) is 12.1 Å². The molecule has 38 heavy (non-hydrogen) atoms. The first-order valence-electron chi connectivity index (χ1n) is 12.4. The molecule has 1 aliphatic heterocycles. The van der Waals surface area contributed by atoms with E-state index >= 15 is 0 Å². The van der Waals surface area contributed by atoms with Crippen LogP contribution >= 0.6 is 0 Å². The molecule has 0 radical (unpaired) electrons. The highest BCUT2D eigenvalue weighted by atomic mass is 19.4. The molecule has 0 aliphatic carbocycles. The third-order valence-electron chi connectivity index (χ3n) is 7.09. The zero-order valence-electron chi connectivity index (χ0n) is 22.9. The minimum absolute atomic E-state index is 0.205. The van der Waals surface area contributed by atoms with E-state index in [0.717, 1.165) is 33.1 Å². The summed E-state index contributed by atoms with van der Waals surface area (Å²) in [5.74, 6) is 0.568. The van der Waals surface area contributed by atoms with E-state index in [1.54, 1.807) is 17.0 Å². The zero-order valence-corrected chi connectivity index (χ0v) is 22.9. The van der Waals surface area contributed by atoms with Gasteiger partial charge in [-0.1, -0.05) is 34.0 Å². The van der Waals surface area contributed by atoms with Gasteiger partial charge in [-0.15, -0.1) is 13.2 Å². The third kappa shape index (κ3) is 5.52. The number of amides is 1. The van der Waals surface area contributed by atoms with Gasteiger partial charge in [-0.25, -0.2) is 9.97 Å². The molecule has 2 aromatic carbocycles. The summed E-state index contributed by atoms with van der Waals surface area (Å²) in [6.07, 6.45) is -4.77. The Balaban J connectivity index is 1.82. The normalized spacial score (nSPS) is 14.9. The lowest BCUT2D eigenvalue weighted by atomic mass is 9.64. The molecule has 1 amide bonds. The molecule has 0 fully saturated rings. The molecular weight excluding hydrogens is 486 g/mol. The third-order valence-corrected chi connectivity index (χ3v) is 7.09. The molecular formula is C21H24B8F3N3O3. The number of benzene rings is 2. The van der Waals surface area contributed by atoms with Gasteiger partial charge in [0.25, 0.3) is 5.91 Å². The van der Waals surface area contributed by atoms with Crippen molar-refractivity contribution in [2.45, 2.75) is 18.3 Å². The van der Waals surface area contributed by atoms with Crippen molar-refractivity contribution in [2.75, 3.05) is 6.54 Å². The summed E-state index contributed by atoms with van der Waals surface area (Å²) in [4.78, 5) is 25.0. The number of carbonyl (C=O) groups is 1. The number of halogens is 3. The van der Waals surface area contributed by atoms with Crippen LogP contribution in [-0.2, 0) is 6.54 Å². The lowest BCUT2D eigenvalue weighted by molar-refractivity contribution is -0.274. The van der Waals surface area contributed by atoms with E-state index in [9.17, 15) is 18.0 Å². The first-order valence-corrected chi connectivity index (χ1v) is 12.4. The second-order valence-corrected chi connectivity index (χ2v) is 10.5. The monoisotopic (exact) mass is 511 g/mol. The van der Waals surface area contributed by atoms with E-state index in [-0.39, 0.29) is 18.2 Å². The molecule has 0 atom stereocenters. The number of hydrogen-bond donors (Lipinski definition) is 0. The standard InChI is InChI=1S/C21H24B8F3N3O3/c22-12-10(7-1-3-8(4-2-7)37-21(30,31)32)13(23)14(24)16-11(12)19(36)35(6-20(28,29)38-16)5-9-33-17(26)15(25)18(27)34-9/h1-4H,5-6,22-29H2. The van der Waals surface area contributed by atoms with Crippen molar-refractivity contribution in [3.8, 4) is 22.6 Å². The highest BCUT2D eigenvalue weighted by molar-refractivity contribution is 6.57. The molecule has 0 N–H and O–H groups in total. The van der Waals surface area contributed by atoms with Gasteiger partial charge in [0, 0.05) is 6.54 Å². The van der Waals surface area contributed by atoms with Crippen LogP contribution in [0.4, 0.5) is 13.2 Å². The van der Waals surface area contributed by atoms with Crippen LogP contribution in [0.2, 0.25) is 0 Å². The van der Waals surface area contributed by atoms with Gasteiger partial charge in [-0.2, -0.15) is 0 Å². The molecule has 6 nitrogen and oxygen atoms in total. The van der Waals surface area contributed by atoms with E-state index in [1.807, 2.05) is 62.8 Å². The van der Waals surface area contributed by atoms with Crippen LogP contribution in [0.5, 0.6) is 11.5 Å². The Morgan fingerprint density at radius 1 is 0.895 bits per heavy atom. The summed E-state index contributed by atoms with van der Waals surface area (Å²) in [7, 11) is 15.4. The van der Waals surface area contributed by atoms with Crippen LogP contribution in [0.25, 0.3) is 11.1 Å². The van der Waals surface area contributed by atoms with Gasteiger partial charge in [0.1, 0.15) is 64.4 Å². The molecule has 2 heterocycles. The van der Waals surface area contributed by atoms with E-state index < -0.39 is 11.8 Å². The molecule has 1 aliphatic rings. The molecule has 1 aromatic heterocycles. The number of carbonyl (C=O) groups excluding carboxylic acids is 1. The van der Waals surface area contributed by atoms with Gasteiger partial charge < -0.3 is 14.4 Å². The maximum Gasteiger partial charge on any atom is 0.573 e. The van der Waals surface area contributed by atoms with Crippen LogP contribution in [0.3, 0.4) is 0 Å². The molecule has 4 rings (SSSR count). The average molecular weight is 510 g/mol. The number of aromatic nitrogens is 2. The molecule has 0 saturated heterocycles. The summed E-state index contributed by atoms with van der Waals surface area (Å²) >= 11 is 0. The maximum atomic E-state index is 14.1. The fraction of sp³-hybridized carbons (Fsp3) is 0.190. The molecule has 186 valence electrons. The van der Waals surface area contributed by atoms with Crippen molar-refractivity contribution < 1.29 is 27.4 Å². The average Bonchev–Trinajstić information content (AvgIpc) is 2.89. The van der Waals surface area contributed by atoms with Crippen molar-refractivity contribution in [3.05, 3.63) is 35.7 Å². The zero-order chi connectivity index (χ0) is 28.2. The minimum Gasteiger partial charge on any atom is -0.503 e. The van der Waals surface area contributed by atoms with E-state index in [4.69, 9.17) is 4.74 Å². The van der Waals surface area contributed by atoms with Crippen molar-refractivity contribution in [3.63, 3.8) is 0 Å². The highest BCUT2D eigenvalue weighted by Crippen LogP contribution is 2.29. The van der Waals surface area contributed by atoms with Crippen LogP contribution in [0.15, 0.2) is 24.3 Å². The number of fused-ring (bicyclic) bond motifs is 1. The second-order valence-electron chi connectivity index (χ2n) is 10.5. The van der Waals surface area contributed by atoms with Gasteiger partial charge in [-0.05, 0) is 34.4 Å². The lowest BCUT2D eigenvalue weighted by Gasteiger charge is -2.30. The van der Waals surface area contributed by atoms with Gasteiger partial charge in [-0.3, -0.25) is 4.79 Å². The first-order chi connectivity index (χ1) is 17.6. The summed E-state index contributed by atoms with van der Waals surface area (Å²) in [6.45, 7) is 0.546. The molecule has 0 spiro atoms. The van der Waals surface area contributed by atoms with Crippen molar-refractivity contribution in [1.29, 1.82) is 0 Å². The largest absolute Gasteiger partial charge is 0.573 e. The topological polar surface area (TPSA) is 64.6 Å². The number of nitrogens with zero attached hydrogens (tertiary/aromatic N) is 3. The van der Waals surface area contributed by atoms with Crippen LogP contribution < -0.4 is 42.5 Å². The molecule has 0 unspecified atom stereocenters. The van der Waals surface area contributed by atoms with Crippen LogP contribution in [0, 0.1) is 0 Å². The molecule has 0 bridgehead atoms. The van der Waals surface area contributed by atoms with Crippen molar-refractivity contribution >= 4 is 102 Å². The maximum absolute atomic E-state index is 14.1. The Hall–Kier alpha value is -3.10. The molecule has 0 saturated carbocycles. The minimum atomic E-state index is -4.77. The number of ether oxygens (including phenoxy) is 2. The van der Waals surface area contributed by atoms with Gasteiger partial charge in [0.2, 0.25) is 0 Å². The van der Waals surface area contributed by atoms with E-state index in [2.05, 4.69) is 14.7 Å². The Kier molecular flexibility index (Phi) is 7.27. The predicted molar refractivity (Wildman–Crippen MR) is 165 cm³/mol. The highest BCUT2D eigenvalue weighted by Gasteiger charge is 2.37. The van der Waals surface area contributed by atoms with Gasteiger partial charge in [0.15, 0.2) is 15.7 Å². The Morgan fingerprint density at radius 2 is 1.47 bits per heavy atom. The quantitative estimate of drug-likeness (QED) is 0.327. The summed E-state index contributed by atoms with van der Waals surface area (Å²) < 4.78 is 48.4. The van der Waals surface area contributed by atoms with Crippen LogP contribution in [-0.4, -0.2) is 102 Å². The van der Waals surface area contributed by atoms with Crippen LogP contribution in [0.1, 0.15) is 16.2 Å². The first kappa shape index (κ1) is 27.9. The number of hydrogen-bond acceptors (Lipinski definition) is 5. The van der Waals surface area contributed by atoms with Gasteiger partial charge >= 0.3 is 6.36 Å². The lowest BCUT2D eigenvalue weighted by Crippen LogP contribution is -2.49. The molecule has 3 aromatic rings. The van der Waals surface area contributed by atoms with E-state index in [0.29, 0.717) is 34.7 Å². The summed E-state index contributed by atoms with van der Waals surface area (Å²) in [6, 6.07) is 5.68. The molecule has 17 heteroatoms. The van der Waals surface area contributed by atoms with Crippen molar-refractivity contribution in [2.24, 2.45) is 0 Å². The van der Waals surface area contributed by atoms with Crippen molar-refractivity contribution in [1.82, 2.24) is 14.9 Å². The fourth-order valence-corrected chi connectivity index (χ4v) is 4.97. The SMILES string of the molecule is Bc1nc(CN2CC(B)(B)Oc3c(B)c(B)c(-c4ccc(OC(F)(F)F)cc4)c(B)c3C2=O)nc(B)c1B. The predicted octanol–water partition coefficient (Wildman–Crippen LogP) is -8.45. The smallest absolute Gasteiger partial charge is 0.503 e. The Morgan fingerprint density at radius 3 is 2.03 bits per heavy atom. The Bertz CT molecular complexity index is 1420. The fourth-order valence-electron chi connectivity index (χ4n) is 4.97. The summed E-state index contributed by atoms with van der Waals surface area (Å²) in [5, 5.41) is -0.683. The number of alkyl halides is 3.